The first-order chi connectivity index (χ1) is 9.97. The normalized spacial score (nSPS) is 11.7. The number of sulfonamides is 1. The van der Waals surface area contributed by atoms with E-state index in [1.165, 1.54) is 11.4 Å². The van der Waals surface area contributed by atoms with E-state index < -0.39 is 10.0 Å². The zero-order chi connectivity index (χ0) is 15.3. The number of hydrogen-bond acceptors (Lipinski definition) is 5. The summed E-state index contributed by atoms with van der Waals surface area (Å²) >= 11 is 0. The number of nitrogens with one attached hydrogen (secondary N) is 1. The minimum absolute atomic E-state index is 0.0853. The first-order valence-corrected chi connectivity index (χ1v) is 7.98. The first kappa shape index (κ1) is 15.3. The second kappa shape index (κ2) is 6.59. The van der Waals surface area contributed by atoms with Crippen molar-refractivity contribution in [1.29, 1.82) is 0 Å². The van der Waals surface area contributed by atoms with E-state index in [2.05, 4.69) is 10.2 Å². The van der Waals surface area contributed by atoms with E-state index in [1.54, 1.807) is 36.7 Å². The van der Waals surface area contributed by atoms with Gasteiger partial charge >= 0.3 is 0 Å². The zero-order valence-electron chi connectivity index (χ0n) is 11.7. The molecular formula is C13H18N4O3S. The monoisotopic (exact) mass is 310 g/mol. The number of anilines is 1. The Morgan fingerprint density at radius 2 is 2.05 bits per heavy atom. The molecule has 1 aromatic heterocycles. The minimum Gasteiger partial charge on any atom is -0.492 e. The van der Waals surface area contributed by atoms with Crippen LogP contribution in [0.25, 0.3) is 0 Å². The summed E-state index contributed by atoms with van der Waals surface area (Å²) in [5, 5.41) is 6.43. The van der Waals surface area contributed by atoms with Crippen LogP contribution in [-0.4, -0.2) is 42.3 Å². The Morgan fingerprint density at radius 1 is 1.33 bits per heavy atom. The van der Waals surface area contributed by atoms with Crippen molar-refractivity contribution in [2.75, 3.05) is 25.1 Å². The molecule has 0 amide bonds. The summed E-state index contributed by atoms with van der Waals surface area (Å²) < 4.78 is 30.9. The number of nitrogens with two attached hydrogens (primary N) is 1. The Bertz CT molecular complexity index is 653. The summed E-state index contributed by atoms with van der Waals surface area (Å²) in [6.45, 7) is 0.364. The molecule has 2 rings (SSSR count). The molecule has 2 aromatic rings. The number of nitrogen functional groups attached to an aromatic ring is 1. The van der Waals surface area contributed by atoms with Crippen LogP contribution in [-0.2, 0) is 16.6 Å². The van der Waals surface area contributed by atoms with Crippen LogP contribution in [0, 0.1) is 0 Å². The molecule has 7 nitrogen and oxygen atoms in total. The number of nitrogens with zero attached hydrogens (tertiary/aromatic N) is 2. The maximum Gasteiger partial charge on any atom is 0.217 e. The number of aromatic amines is 1. The molecule has 0 radical (unpaired) electrons. The van der Waals surface area contributed by atoms with Crippen molar-refractivity contribution in [1.82, 2.24) is 14.5 Å². The van der Waals surface area contributed by atoms with Crippen LogP contribution in [0.3, 0.4) is 0 Å². The van der Waals surface area contributed by atoms with E-state index >= 15 is 0 Å². The molecule has 0 spiro atoms. The molecule has 0 saturated heterocycles. The SMILES string of the molecule is CN(Cc1cn[nH]c1)S(=O)(=O)CCOc1ccc(N)cc1. The van der Waals surface area contributed by atoms with Gasteiger partial charge in [-0.2, -0.15) is 5.10 Å². The summed E-state index contributed by atoms with van der Waals surface area (Å²) in [6.07, 6.45) is 3.26. The molecule has 1 heterocycles. The van der Waals surface area contributed by atoms with Crippen LogP contribution in [0.4, 0.5) is 5.69 Å². The Morgan fingerprint density at radius 3 is 2.67 bits per heavy atom. The van der Waals surface area contributed by atoms with Gasteiger partial charge in [-0.3, -0.25) is 5.10 Å². The number of benzene rings is 1. The van der Waals surface area contributed by atoms with Crippen LogP contribution >= 0.6 is 0 Å². The fourth-order valence-corrected chi connectivity index (χ4v) is 2.66. The van der Waals surface area contributed by atoms with Crippen molar-refractivity contribution >= 4 is 15.7 Å². The third-order valence-corrected chi connectivity index (χ3v) is 4.69. The Hall–Kier alpha value is -2.06. The van der Waals surface area contributed by atoms with Gasteiger partial charge in [-0.1, -0.05) is 0 Å². The fraction of sp³-hybridized carbons (Fsp3) is 0.308. The molecule has 1 aromatic carbocycles. The minimum atomic E-state index is -3.37. The number of ether oxygens (including phenoxy) is 1. The molecule has 3 N–H and O–H groups in total. The molecule has 8 heteroatoms. The van der Waals surface area contributed by atoms with Crippen LogP contribution in [0.5, 0.6) is 5.75 Å². The fourth-order valence-electron chi connectivity index (χ4n) is 1.70. The number of H-pyrrole nitrogens is 1. The van der Waals surface area contributed by atoms with Gasteiger partial charge in [0.15, 0.2) is 0 Å². The van der Waals surface area contributed by atoms with Gasteiger partial charge in [0.05, 0.1) is 11.9 Å². The molecule has 114 valence electrons. The Labute approximate surface area is 123 Å². The molecule has 0 bridgehead atoms. The highest BCUT2D eigenvalue weighted by Gasteiger charge is 2.18. The summed E-state index contributed by atoms with van der Waals surface area (Å²) in [7, 11) is -1.84. The second-order valence-corrected chi connectivity index (χ2v) is 6.79. The molecule has 0 unspecified atom stereocenters. The van der Waals surface area contributed by atoms with Gasteiger partial charge < -0.3 is 10.5 Å². The molecule has 0 aliphatic heterocycles. The molecule has 0 aliphatic carbocycles. The molecule has 21 heavy (non-hydrogen) atoms. The maximum absolute atomic E-state index is 12.1. The molecule has 0 saturated carbocycles. The molecule has 0 fully saturated rings. The summed E-state index contributed by atoms with van der Waals surface area (Å²) in [5.74, 6) is 0.503. The van der Waals surface area contributed by atoms with E-state index in [0.29, 0.717) is 11.4 Å². The smallest absolute Gasteiger partial charge is 0.217 e. The van der Waals surface area contributed by atoms with E-state index in [4.69, 9.17) is 10.5 Å². The van der Waals surface area contributed by atoms with E-state index in [-0.39, 0.29) is 18.9 Å². The van der Waals surface area contributed by atoms with Gasteiger partial charge in [0.25, 0.3) is 0 Å². The van der Waals surface area contributed by atoms with E-state index in [0.717, 1.165) is 5.56 Å². The lowest BCUT2D eigenvalue weighted by Crippen LogP contribution is -2.30. The van der Waals surface area contributed by atoms with Crippen molar-refractivity contribution in [2.45, 2.75) is 6.54 Å². The van der Waals surface area contributed by atoms with Crippen molar-refractivity contribution in [2.24, 2.45) is 0 Å². The third kappa shape index (κ3) is 4.47. The average Bonchev–Trinajstić information content (AvgIpc) is 2.94. The number of aromatic nitrogens is 2. The Balaban J connectivity index is 1.84. The van der Waals surface area contributed by atoms with Crippen LogP contribution in [0.1, 0.15) is 5.56 Å². The summed E-state index contributed by atoms with van der Waals surface area (Å²) in [5.41, 5.74) is 7.00. The zero-order valence-corrected chi connectivity index (χ0v) is 12.5. The maximum atomic E-state index is 12.1. The predicted molar refractivity (Wildman–Crippen MR) is 80.2 cm³/mol. The van der Waals surface area contributed by atoms with Crippen LogP contribution in [0.15, 0.2) is 36.7 Å². The van der Waals surface area contributed by atoms with Crippen molar-refractivity contribution in [3.63, 3.8) is 0 Å². The Kier molecular flexibility index (Phi) is 4.81. The van der Waals surface area contributed by atoms with Gasteiger partial charge in [0.2, 0.25) is 10.0 Å². The van der Waals surface area contributed by atoms with Crippen LogP contribution in [0.2, 0.25) is 0 Å². The highest BCUT2D eigenvalue weighted by Crippen LogP contribution is 2.13. The number of rotatable bonds is 7. The molecular weight excluding hydrogens is 292 g/mol. The molecule has 0 atom stereocenters. The van der Waals surface area contributed by atoms with E-state index in [9.17, 15) is 8.42 Å². The quantitative estimate of drug-likeness (QED) is 0.738. The van der Waals surface area contributed by atoms with Crippen molar-refractivity contribution < 1.29 is 13.2 Å². The summed E-state index contributed by atoms with van der Waals surface area (Å²) in [4.78, 5) is 0. The lowest BCUT2D eigenvalue weighted by atomic mass is 10.3. The largest absolute Gasteiger partial charge is 0.492 e. The highest BCUT2D eigenvalue weighted by molar-refractivity contribution is 7.89. The van der Waals surface area contributed by atoms with Gasteiger partial charge in [0.1, 0.15) is 12.4 Å². The van der Waals surface area contributed by atoms with Crippen molar-refractivity contribution in [3.05, 3.63) is 42.2 Å². The van der Waals surface area contributed by atoms with Crippen LogP contribution < -0.4 is 10.5 Å². The van der Waals surface area contributed by atoms with Gasteiger partial charge in [-0.15, -0.1) is 0 Å². The predicted octanol–water partition coefficient (Wildman–Crippen LogP) is 0.832. The van der Waals surface area contributed by atoms with Gasteiger partial charge in [-0.25, -0.2) is 12.7 Å². The first-order valence-electron chi connectivity index (χ1n) is 6.37. The standard InChI is InChI=1S/C13H18N4O3S/c1-17(10-11-8-15-16-9-11)21(18,19)7-6-20-13-4-2-12(14)3-5-13/h2-5,8-9H,6-7,10,14H2,1H3,(H,15,16). The topological polar surface area (TPSA) is 101 Å². The highest BCUT2D eigenvalue weighted by atomic mass is 32.2. The third-order valence-electron chi connectivity index (χ3n) is 2.93. The molecule has 0 aliphatic rings. The number of hydrogen-bond donors (Lipinski definition) is 2. The summed E-state index contributed by atoms with van der Waals surface area (Å²) in [6, 6.07) is 6.82. The second-order valence-electron chi connectivity index (χ2n) is 4.60. The van der Waals surface area contributed by atoms with E-state index in [1.807, 2.05) is 0 Å². The van der Waals surface area contributed by atoms with Crippen molar-refractivity contribution in [3.8, 4) is 5.75 Å². The van der Waals surface area contributed by atoms with Gasteiger partial charge in [-0.05, 0) is 24.3 Å². The lowest BCUT2D eigenvalue weighted by molar-refractivity contribution is 0.336. The van der Waals surface area contributed by atoms with Gasteiger partial charge in [0, 0.05) is 31.0 Å². The average molecular weight is 310 g/mol. The lowest BCUT2D eigenvalue weighted by Gasteiger charge is -2.16.